The molecule has 1 heterocycles. The quantitative estimate of drug-likeness (QED) is 0.860. The van der Waals surface area contributed by atoms with Crippen molar-refractivity contribution in [3.05, 3.63) is 35.1 Å². The topological polar surface area (TPSA) is 43.8 Å². The molecular formula is C20H27FN2O2. The monoisotopic (exact) mass is 346 g/mol. The van der Waals surface area contributed by atoms with Gasteiger partial charge in [-0.3, -0.25) is 9.69 Å². The van der Waals surface area contributed by atoms with Gasteiger partial charge in [0.1, 0.15) is 5.82 Å². The smallest absolute Gasteiger partial charge is 0.253 e. The van der Waals surface area contributed by atoms with Crippen molar-refractivity contribution in [1.82, 2.24) is 9.80 Å². The summed E-state index contributed by atoms with van der Waals surface area (Å²) < 4.78 is 13.4. The fourth-order valence-electron chi connectivity index (χ4n) is 4.18. The number of nitrogens with zero attached hydrogens (tertiary/aromatic N) is 2. The van der Waals surface area contributed by atoms with E-state index in [4.69, 9.17) is 0 Å². The van der Waals surface area contributed by atoms with Crippen LogP contribution in [0.3, 0.4) is 0 Å². The number of hydrogen-bond donors (Lipinski definition) is 1. The summed E-state index contributed by atoms with van der Waals surface area (Å²) in [6, 6.07) is 4.87. The van der Waals surface area contributed by atoms with Gasteiger partial charge in [-0.25, -0.2) is 4.39 Å². The fraction of sp³-hybridized carbons (Fsp3) is 0.650. The predicted molar refractivity (Wildman–Crippen MR) is 93.9 cm³/mol. The Hall–Kier alpha value is -1.46. The number of aliphatic hydroxyl groups is 1. The number of carbonyl (C=O) groups is 1. The molecule has 1 aromatic carbocycles. The number of likely N-dealkylation sites (tertiary alicyclic amines) is 1. The highest BCUT2D eigenvalue weighted by Crippen LogP contribution is 2.47. The van der Waals surface area contributed by atoms with Gasteiger partial charge in [0.25, 0.3) is 5.91 Å². The Bertz CT molecular complexity index is 678. The zero-order valence-corrected chi connectivity index (χ0v) is 15.0. The van der Waals surface area contributed by atoms with Crippen molar-refractivity contribution >= 4 is 5.91 Å². The molecule has 3 fully saturated rings. The summed E-state index contributed by atoms with van der Waals surface area (Å²) in [7, 11) is 1.82. The molecule has 0 radical (unpaired) electrons. The first-order valence-corrected chi connectivity index (χ1v) is 9.35. The van der Waals surface area contributed by atoms with Gasteiger partial charge in [-0.05, 0) is 68.2 Å². The Morgan fingerprint density at radius 1 is 1.36 bits per heavy atom. The Labute approximate surface area is 148 Å². The Balaban J connectivity index is 1.40. The van der Waals surface area contributed by atoms with Crippen LogP contribution < -0.4 is 0 Å². The van der Waals surface area contributed by atoms with Gasteiger partial charge in [0.05, 0.1) is 5.60 Å². The maximum absolute atomic E-state index is 13.4. The number of β-amino-alcohol motifs (C(OH)–C–C–N with tert-alkyl or cyclic N) is 1. The maximum atomic E-state index is 13.4. The lowest BCUT2D eigenvalue weighted by Crippen LogP contribution is -2.67. The van der Waals surface area contributed by atoms with Gasteiger partial charge in [-0.15, -0.1) is 0 Å². The van der Waals surface area contributed by atoms with Gasteiger partial charge >= 0.3 is 0 Å². The molecule has 136 valence electrons. The third kappa shape index (κ3) is 3.32. The van der Waals surface area contributed by atoms with Gasteiger partial charge in [0.2, 0.25) is 0 Å². The average Bonchev–Trinajstić information content (AvgIpc) is 3.43. The van der Waals surface area contributed by atoms with E-state index in [1.165, 1.54) is 18.9 Å². The molecule has 5 heteroatoms. The summed E-state index contributed by atoms with van der Waals surface area (Å²) in [5.74, 6) is 0.779. The molecule has 1 atom stereocenters. The van der Waals surface area contributed by atoms with Gasteiger partial charge in [0.15, 0.2) is 0 Å². The molecule has 2 aliphatic carbocycles. The summed E-state index contributed by atoms with van der Waals surface area (Å²) in [6.45, 7) is 3.84. The lowest BCUT2D eigenvalue weighted by Gasteiger charge is -2.51. The molecule has 2 saturated carbocycles. The normalized spacial score (nSPS) is 23.8. The Kier molecular flexibility index (Phi) is 4.12. The minimum absolute atomic E-state index is 0.0632. The summed E-state index contributed by atoms with van der Waals surface area (Å²) in [4.78, 5) is 16.8. The average molecular weight is 346 g/mol. The molecule has 0 bridgehead atoms. The molecule has 1 amide bonds. The van der Waals surface area contributed by atoms with Crippen LogP contribution in [0, 0.1) is 24.6 Å². The highest BCUT2D eigenvalue weighted by molar-refractivity contribution is 5.94. The van der Waals surface area contributed by atoms with Crippen molar-refractivity contribution in [2.45, 2.75) is 44.2 Å². The number of carbonyl (C=O) groups excluding carboxylic acids is 1. The van der Waals surface area contributed by atoms with E-state index >= 15 is 0 Å². The van der Waals surface area contributed by atoms with Crippen molar-refractivity contribution in [3.8, 4) is 0 Å². The molecule has 25 heavy (non-hydrogen) atoms. The molecule has 4 rings (SSSR count). The Morgan fingerprint density at radius 2 is 2.04 bits per heavy atom. The van der Waals surface area contributed by atoms with Crippen molar-refractivity contribution in [3.63, 3.8) is 0 Å². The SMILES string of the molecule is Cc1cc(C(=O)N(C)CC(C2CC2)N2CC(O)(C3CC3)C2)ccc1F. The van der Waals surface area contributed by atoms with E-state index in [2.05, 4.69) is 4.90 Å². The van der Waals surface area contributed by atoms with Gasteiger partial charge in [-0.2, -0.15) is 0 Å². The maximum Gasteiger partial charge on any atom is 0.253 e. The second-order valence-corrected chi connectivity index (χ2v) is 8.34. The number of amides is 1. The van der Waals surface area contributed by atoms with E-state index in [1.54, 1.807) is 24.0 Å². The predicted octanol–water partition coefficient (Wildman–Crippen LogP) is 2.44. The largest absolute Gasteiger partial charge is 0.387 e. The molecule has 1 saturated heterocycles. The third-order valence-electron chi connectivity index (χ3n) is 6.14. The van der Waals surface area contributed by atoms with E-state index in [-0.39, 0.29) is 11.7 Å². The molecule has 4 nitrogen and oxygen atoms in total. The Morgan fingerprint density at radius 3 is 2.60 bits per heavy atom. The van der Waals surface area contributed by atoms with Crippen LogP contribution in [-0.2, 0) is 0 Å². The summed E-state index contributed by atoms with van der Waals surface area (Å²) in [6.07, 6.45) is 4.73. The minimum Gasteiger partial charge on any atom is -0.387 e. The molecule has 0 spiro atoms. The fourth-order valence-corrected chi connectivity index (χ4v) is 4.18. The number of aryl methyl sites for hydroxylation is 1. The standard InChI is InChI=1S/C20H27FN2O2/c1-13-9-15(5-8-17(13)21)19(24)22(2)10-18(14-3-4-14)23-11-20(25,12-23)16-6-7-16/h5,8-9,14,16,18,25H,3-4,6-7,10-12H2,1-2H3. The summed E-state index contributed by atoms with van der Waals surface area (Å²) >= 11 is 0. The van der Waals surface area contributed by atoms with Crippen molar-refractivity contribution in [2.24, 2.45) is 11.8 Å². The molecule has 1 unspecified atom stereocenters. The van der Waals surface area contributed by atoms with Crippen molar-refractivity contribution in [1.29, 1.82) is 0 Å². The van der Waals surface area contributed by atoms with Crippen LogP contribution in [0.25, 0.3) is 0 Å². The van der Waals surface area contributed by atoms with Crippen LogP contribution in [0.4, 0.5) is 4.39 Å². The molecule has 1 aliphatic heterocycles. The second kappa shape index (κ2) is 6.06. The summed E-state index contributed by atoms with van der Waals surface area (Å²) in [5, 5.41) is 10.6. The first-order valence-electron chi connectivity index (χ1n) is 9.35. The van der Waals surface area contributed by atoms with Crippen molar-refractivity contribution in [2.75, 3.05) is 26.7 Å². The third-order valence-corrected chi connectivity index (χ3v) is 6.14. The summed E-state index contributed by atoms with van der Waals surface area (Å²) in [5.41, 5.74) is 0.549. The van der Waals surface area contributed by atoms with E-state index in [0.29, 0.717) is 35.5 Å². The van der Waals surface area contributed by atoms with E-state index in [0.717, 1.165) is 25.9 Å². The zero-order valence-electron chi connectivity index (χ0n) is 15.0. The van der Waals surface area contributed by atoms with Gasteiger partial charge < -0.3 is 10.0 Å². The highest BCUT2D eigenvalue weighted by atomic mass is 19.1. The van der Waals surface area contributed by atoms with Crippen LogP contribution >= 0.6 is 0 Å². The van der Waals surface area contributed by atoms with Crippen LogP contribution in [0.2, 0.25) is 0 Å². The molecule has 3 aliphatic rings. The number of halogens is 1. The molecule has 1 aromatic rings. The van der Waals surface area contributed by atoms with Gasteiger partial charge in [-0.1, -0.05) is 0 Å². The second-order valence-electron chi connectivity index (χ2n) is 8.34. The van der Waals surface area contributed by atoms with Crippen LogP contribution in [0.5, 0.6) is 0 Å². The molecule has 1 N–H and O–H groups in total. The highest BCUT2D eigenvalue weighted by Gasteiger charge is 2.55. The number of benzene rings is 1. The number of hydrogen-bond acceptors (Lipinski definition) is 3. The first-order chi connectivity index (χ1) is 11.9. The lowest BCUT2D eigenvalue weighted by molar-refractivity contribution is -0.133. The zero-order chi connectivity index (χ0) is 17.8. The van der Waals surface area contributed by atoms with E-state index in [9.17, 15) is 14.3 Å². The number of rotatable bonds is 6. The van der Waals surface area contributed by atoms with Crippen LogP contribution in [0.1, 0.15) is 41.6 Å². The van der Waals surface area contributed by atoms with E-state index < -0.39 is 5.60 Å². The molecular weight excluding hydrogens is 319 g/mol. The molecule has 0 aromatic heterocycles. The van der Waals surface area contributed by atoms with Gasteiger partial charge in [0, 0.05) is 38.3 Å². The van der Waals surface area contributed by atoms with Crippen molar-refractivity contribution < 1.29 is 14.3 Å². The minimum atomic E-state index is -0.482. The van der Waals surface area contributed by atoms with E-state index in [1.807, 2.05) is 7.05 Å². The van der Waals surface area contributed by atoms with Crippen LogP contribution in [-0.4, -0.2) is 59.1 Å². The lowest BCUT2D eigenvalue weighted by atomic mass is 9.86. The first kappa shape index (κ1) is 17.0. The van der Waals surface area contributed by atoms with Crippen LogP contribution in [0.15, 0.2) is 18.2 Å². The number of likely N-dealkylation sites (N-methyl/N-ethyl adjacent to an activating group) is 1.